The van der Waals surface area contributed by atoms with Gasteiger partial charge in [-0.15, -0.1) is 11.3 Å². The minimum atomic E-state index is -0.169. The Morgan fingerprint density at radius 1 is 0.968 bits per heavy atom. The molecule has 8 heteroatoms. The monoisotopic (exact) mass is 467 g/mol. The van der Waals surface area contributed by atoms with Crippen LogP contribution in [-0.4, -0.2) is 22.6 Å². The third-order valence-electron chi connectivity index (χ3n) is 4.37. The number of hydrogen-bond donors (Lipinski definition) is 2. The van der Waals surface area contributed by atoms with Crippen molar-refractivity contribution in [1.82, 2.24) is 4.98 Å². The number of nitrogens with one attached hydrogen (secondary N) is 2. The molecule has 0 saturated carbocycles. The molecule has 0 spiro atoms. The summed E-state index contributed by atoms with van der Waals surface area (Å²) in [4.78, 5) is 29.1. The average Bonchev–Trinajstić information content (AvgIpc) is 3.20. The Kier molecular flexibility index (Phi) is 6.86. The maximum Gasteiger partial charge on any atom is 0.234 e. The molecule has 0 unspecified atom stereocenters. The summed E-state index contributed by atoms with van der Waals surface area (Å²) in [5.41, 5.74) is 2.11. The Hall–Kier alpha value is -2.87. The zero-order chi connectivity index (χ0) is 21.6. The molecule has 0 aliphatic rings. The topological polar surface area (TPSA) is 71.1 Å². The van der Waals surface area contributed by atoms with Gasteiger partial charge in [-0.1, -0.05) is 65.8 Å². The highest BCUT2D eigenvalue weighted by Gasteiger charge is 2.11. The van der Waals surface area contributed by atoms with E-state index >= 15 is 0 Å². The van der Waals surface area contributed by atoms with Gasteiger partial charge < -0.3 is 10.6 Å². The van der Waals surface area contributed by atoms with Crippen molar-refractivity contribution in [3.8, 4) is 0 Å². The number of hydrogen-bond acceptors (Lipinski definition) is 5. The highest BCUT2D eigenvalue weighted by atomic mass is 35.5. The van der Waals surface area contributed by atoms with E-state index in [2.05, 4.69) is 15.6 Å². The maximum atomic E-state index is 12.4. The molecule has 156 valence electrons. The second kappa shape index (κ2) is 9.96. The molecule has 2 N–H and O–H groups in total. The Morgan fingerprint density at radius 3 is 2.65 bits per heavy atom. The van der Waals surface area contributed by atoms with Crippen molar-refractivity contribution in [2.45, 2.75) is 10.8 Å². The number of rotatable bonds is 7. The van der Waals surface area contributed by atoms with Gasteiger partial charge in [-0.05, 0) is 29.7 Å². The molecular weight excluding hydrogens is 450 g/mol. The maximum absolute atomic E-state index is 12.4. The van der Waals surface area contributed by atoms with Crippen molar-refractivity contribution in [2.24, 2.45) is 0 Å². The lowest BCUT2D eigenvalue weighted by molar-refractivity contribution is -0.116. The van der Waals surface area contributed by atoms with E-state index in [0.717, 1.165) is 20.8 Å². The number of carbonyl (C=O) groups is 2. The number of carbonyl (C=O) groups excluding carboxylic acids is 2. The van der Waals surface area contributed by atoms with Gasteiger partial charge in [0.1, 0.15) is 0 Å². The molecule has 1 aromatic heterocycles. The summed E-state index contributed by atoms with van der Waals surface area (Å²) < 4.78 is 0.749. The molecule has 4 rings (SSSR count). The van der Waals surface area contributed by atoms with Crippen LogP contribution in [0.5, 0.6) is 0 Å². The summed E-state index contributed by atoms with van der Waals surface area (Å²) in [7, 11) is 0. The first kappa shape index (κ1) is 21.4. The molecule has 0 aliphatic carbocycles. The van der Waals surface area contributed by atoms with Crippen molar-refractivity contribution in [2.75, 3.05) is 16.4 Å². The van der Waals surface area contributed by atoms with Gasteiger partial charge in [0.05, 0.1) is 17.9 Å². The Labute approximate surface area is 192 Å². The molecule has 0 bridgehead atoms. The lowest BCUT2D eigenvalue weighted by atomic mass is 10.1. The first-order chi connectivity index (χ1) is 15.1. The van der Waals surface area contributed by atoms with Crippen molar-refractivity contribution in [1.29, 1.82) is 0 Å². The Balaban J connectivity index is 1.29. The summed E-state index contributed by atoms with van der Waals surface area (Å²) in [5, 5.41) is 10.3. The number of thiazole rings is 1. The first-order valence-corrected chi connectivity index (χ1v) is 11.7. The fourth-order valence-corrected chi connectivity index (χ4v) is 4.85. The summed E-state index contributed by atoms with van der Waals surface area (Å²) in [6, 6.07) is 20.7. The van der Waals surface area contributed by atoms with Crippen molar-refractivity contribution in [3.63, 3.8) is 0 Å². The predicted molar refractivity (Wildman–Crippen MR) is 129 cm³/mol. The van der Waals surface area contributed by atoms with Crippen molar-refractivity contribution >= 4 is 68.7 Å². The van der Waals surface area contributed by atoms with Gasteiger partial charge in [-0.25, -0.2) is 4.98 Å². The van der Waals surface area contributed by atoms with Crippen molar-refractivity contribution in [3.05, 3.63) is 82.8 Å². The molecule has 31 heavy (non-hydrogen) atoms. The van der Waals surface area contributed by atoms with E-state index < -0.39 is 0 Å². The molecule has 1 heterocycles. The zero-order valence-electron chi connectivity index (χ0n) is 16.3. The molecule has 0 radical (unpaired) electrons. The van der Waals surface area contributed by atoms with E-state index in [1.54, 1.807) is 24.3 Å². The van der Waals surface area contributed by atoms with E-state index in [4.69, 9.17) is 11.6 Å². The summed E-state index contributed by atoms with van der Waals surface area (Å²) in [6.45, 7) is 0. The number of benzene rings is 3. The first-order valence-electron chi connectivity index (χ1n) is 9.47. The van der Waals surface area contributed by atoms with Crippen LogP contribution >= 0.6 is 34.7 Å². The summed E-state index contributed by atoms with van der Waals surface area (Å²) >= 11 is 8.71. The second-order valence-electron chi connectivity index (χ2n) is 6.70. The molecule has 5 nitrogen and oxygen atoms in total. The molecule has 0 aliphatic heterocycles. The lowest BCUT2D eigenvalue weighted by Gasteiger charge is -2.08. The number of fused-ring (bicyclic) bond motifs is 1. The van der Waals surface area contributed by atoms with E-state index in [9.17, 15) is 9.59 Å². The highest BCUT2D eigenvalue weighted by molar-refractivity contribution is 8.01. The number of halogens is 1. The number of aromatic nitrogens is 1. The van der Waals surface area contributed by atoms with Gasteiger partial charge >= 0.3 is 0 Å². The van der Waals surface area contributed by atoms with E-state index in [-0.39, 0.29) is 24.0 Å². The van der Waals surface area contributed by atoms with Gasteiger partial charge in [0.2, 0.25) is 11.8 Å². The minimum absolute atomic E-state index is 0.100. The van der Waals surface area contributed by atoms with Gasteiger partial charge in [0.25, 0.3) is 0 Å². The molecular formula is C23H18ClN3O2S2. The van der Waals surface area contributed by atoms with Gasteiger partial charge in [0, 0.05) is 27.2 Å². The second-order valence-corrected chi connectivity index (χ2v) is 9.22. The molecule has 0 atom stereocenters. The fraction of sp³-hybridized carbons (Fsp3) is 0.0870. The number of thioether (sulfide) groups is 1. The van der Waals surface area contributed by atoms with Crippen LogP contribution < -0.4 is 10.6 Å². The van der Waals surface area contributed by atoms with Crippen LogP contribution in [-0.2, 0) is 16.0 Å². The van der Waals surface area contributed by atoms with Gasteiger partial charge in [0.15, 0.2) is 4.34 Å². The molecule has 4 aromatic rings. The van der Waals surface area contributed by atoms with Gasteiger partial charge in [-0.3, -0.25) is 9.59 Å². The third kappa shape index (κ3) is 5.85. The smallest absolute Gasteiger partial charge is 0.234 e. The van der Waals surface area contributed by atoms with Crippen LogP contribution in [0.1, 0.15) is 5.69 Å². The van der Waals surface area contributed by atoms with E-state index in [0.29, 0.717) is 16.4 Å². The van der Waals surface area contributed by atoms with Gasteiger partial charge in [-0.2, -0.15) is 0 Å². The summed E-state index contributed by atoms with van der Waals surface area (Å²) in [5.74, 6) is -0.0279. The van der Waals surface area contributed by atoms with Crippen LogP contribution in [0.4, 0.5) is 11.4 Å². The van der Waals surface area contributed by atoms with Crippen LogP contribution in [0.3, 0.4) is 0 Å². The standard InChI is InChI=1S/C23H18ClN3O2S2/c24-16-7-4-8-17(11-16)25-21(28)12-18-13-30-23(26-18)31-14-22(29)27-20-10-3-6-15-5-1-2-9-19(15)20/h1-11,13H,12,14H2,(H,25,28)(H,27,29). The molecule has 0 saturated heterocycles. The van der Waals surface area contributed by atoms with Crippen molar-refractivity contribution < 1.29 is 9.59 Å². The lowest BCUT2D eigenvalue weighted by Crippen LogP contribution is -2.15. The Bertz CT molecular complexity index is 1240. The minimum Gasteiger partial charge on any atom is -0.326 e. The van der Waals surface area contributed by atoms with Crippen LogP contribution in [0.2, 0.25) is 5.02 Å². The number of nitrogens with zero attached hydrogens (tertiary/aromatic N) is 1. The third-order valence-corrected chi connectivity index (χ3v) is 6.68. The molecule has 3 aromatic carbocycles. The average molecular weight is 468 g/mol. The van der Waals surface area contributed by atoms with Crippen LogP contribution in [0.15, 0.2) is 76.4 Å². The number of anilines is 2. The predicted octanol–water partition coefficient (Wildman–Crippen LogP) is 5.86. The molecule has 0 fully saturated rings. The highest BCUT2D eigenvalue weighted by Crippen LogP contribution is 2.26. The summed E-state index contributed by atoms with van der Waals surface area (Å²) in [6.07, 6.45) is 0.159. The molecule has 2 amide bonds. The quantitative estimate of drug-likeness (QED) is 0.334. The Morgan fingerprint density at radius 2 is 1.77 bits per heavy atom. The zero-order valence-corrected chi connectivity index (χ0v) is 18.7. The fourth-order valence-electron chi connectivity index (χ4n) is 3.02. The largest absolute Gasteiger partial charge is 0.326 e. The normalized spacial score (nSPS) is 10.7. The van der Waals surface area contributed by atoms with E-state index in [1.807, 2.05) is 47.8 Å². The van der Waals surface area contributed by atoms with Crippen LogP contribution in [0, 0.1) is 0 Å². The SMILES string of the molecule is O=C(Cc1csc(SCC(=O)Nc2cccc3ccccc23)n1)Nc1cccc(Cl)c1. The van der Waals surface area contributed by atoms with Crippen LogP contribution in [0.25, 0.3) is 10.8 Å². The van der Waals surface area contributed by atoms with E-state index in [1.165, 1.54) is 23.1 Å². The number of amides is 2.